The molecular weight excluding hydrogens is 516 g/mol. The van der Waals surface area contributed by atoms with E-state index >= 15 is 0 Å². The topological polar surface area (TPSA) is 113 Å². The molecule has 0 spiro atoms. The summed E-state index contributed by atoms with van der Waals surface area (Å²) in [6.45, 7) is 2.32. The Kier molecular flexibility index (Phi) is 6.31. The summed E-state index contributed by atoms with van der Waals surface area (Å²) in [6, 6.07) is 14.9. The van der Waals surface area contributed by atoms with Crippen molar-refractivity contribution in [2.45, 2.75) is 19.9 Å². The van der Waals surface area contributed by atoms with Crippen LogP contribution < -0.4 is 10.4 Å². The van der Waals surface area contributed by atoms with Crippen molar-refractivity contribution in [2.24, 2.45) is 0 Å². The van der Waals surface area contributed by atoms with Gasteiger partial charge in [-0.25, -0.2) is 14.3 Å². The molecule has 9 nitrogen and oxygen atoms in total. The Morgan fingerprint density at radius 3 is 2.95 bits per heavy atom. The molecule has 3 N–H and O–H groups in total. The maximum Gasteiger partial charge on any atom is 0.328 e. The number of imidazole rings is 2. The Labute approximate surface area is 227 Å². The van der Waals surface area contributed by atoms with Crippen LogP contribution in [-0.4, -0.2) is 40.8 Å². The van der Waals surface area contributed by atoms with Gasteiger partial charge in [0.05, 0.1) is 29.0 Å². The van der Waals surface area contributed by atoms with E-state index in [1.54, 1.807) is 16.9 Å². The van der Waals surface area contributed by atoms with Crippen LogP contribution in [0.25, 0.3) is 16.6 Å². The van der Waals surface area contributed by atoms with E-state index in [0.717, 1.165) is 33.2 Å². The molecule has 0 radical (unpaired) electrons. The number of para-hydroxylation sites is 1. The minimum atomic E-state index is -0.402. The van der Waals surface area contributed by atoms with Crippen molar-refractivity contribution in [3.8, 4) is 23.5 Å². The number of aromatic amines is 2. The van der Waals surface area contributed by atoms with Gasteiger partial charge in [0, 0.05) is 29.8 Å². The number of rotatable bonds is 6. The second-order valence-electron chi connectivity index (χ2n) is 9.05. The maximum atomic E-state index is 12.6. The largest absolute Gasteiger partial charge is 0.493 e. The monoisotopic (exact) mass is 538 g/mol. The fourth-order valence-electron chi connectivity index (χ4n) is 4.48. The molecule has 0 aliphatic heterocycles. The van der Waals surface area contributed by atoms with Gasteiger partial charge in [-0.05, 0) is 54.3 Å². The summed E-state index contributed by atoms with van der Waals surface area (Å²) in [4.78, 5) is 22.8. The minimum Gasteiger partial charge on any atom is -0.493 e. The zero-order valence-corrected chi connectivity index (χ0v) is 21.7. The lowest BCUT2D eigenvalue weighted by Gasteiger charge is -2.09. The number of halogens is 1. The van der Waals surface area contributed by atoms with E-state index in [9.17, 15) is 9.90 Å². The quantitative estimate of drug-likeness (QED) is 0.271. The zero-order chi connectivity index (χ0) is 26.9. The zero-order valence-electron chi connectivity index (χ0n) is 20.9. The molecule has 0 aliphatic carbocycles. The van der Waals surface area contributed by atoms with Crippen LogP contribution in [0.5, 0.6) is 11.6 Å². The summed E-state index contributed by atoms with van der Waals surface area (Å²) in [5, 5.41) is 16.6. The van der Waals surface area contributed by atoms with Crippen molar-refractivity contribution in [2.75, 3.05) is 6.61 Å². The summed E-state index contributed by atoms with van der Waals surface area (Å²) in [7, 11) is 0. The van der Waals surface area contributed by atoms with Crippen LogP contribution in [0.1, 0.15) is 28.1 Å². The van der Waals surface area contributed by atoms with Gasteiger partial charge in [0.15, 0.2) is 5.65 Å². The maximum absolute atomic E-state index is 12.6. The molecule has 0 bridgehead atoms. The lowest BCUT2D eigenvalue weighted by molar-refractivity contribution is 0.285. The Morgan fingerprint density at radius 2 is 2.05 bits per heavy atom. The van der Waals surface area contributed by atoms with Crippen LogP contribution in [0, 0.1) is 18.8 Å². The molecular formula is C29H23ClN6O3. The molecule has 6 aromatic rings. The molecule has 0 unspecified atom stereocenters. The van der Waals surface area contributed by atoms with Crippen molar-refractivity contribution in [1.29, 1.82) is 0 Å². The second kappa shape index (κ2) is 10.1. The van der Waals surface area contributed by atoms with Gasteiger partial charge in [0.25, 0.3) is 0 Å². The first-order valence-electron chi connectivity index (χ1n) is 12.3. The predicted molar refractivity (Wildman–Crippen MR) is 148 cm³/mol. The number of H-pyrrole nitrogens is 2. The van der Waals surface area contributed by atoms with E-state index in [0.29, 0.717) is 28.6 Å². The average Bonchev–Trinajstić information content (AvgIpc) is 3.62. The molecule has 39 heavy (non-hydrogen) atoms. The smallest absolute Gasteiger partial charge is 0.328 e. The first kappa shape index (κ1) is 24.4. The molecule has 2 aromatic carbocycles. The van der Waals surface area contributed by atoms with E-state index in [1.165, 1.54) is 4.57 Å². The highest BCUT2D eigenvalue weighted by Crippen LogP contribution is 2.28. The number of fused-ring (bicyclic) bond motifs is 2. The van der Waals surface area contributed by atoms with E-state index in [4.69, 9.17) is 16.3 Å². The van der Waals surface area contributed by atoms with Crippen molar-refractivity contribution in [1.82, 2.24) is 29.1 Å². The van der Waals surface area contributed by atoms with Crippen LogP contribution in [0.2, 0.25) is 5.02 Å². The van der Waals surface area contributed by atoms with Crippen molar-refractivity contribution in [3.63, 3.8) is 0 Å². The highest BCUT2D eigenvalue weighted by atomic mass is 35.5. The fourth-order valence-corrected chi connectivity index (χ4v) is 4.71. The number of hydrogen-bond donors (Lipinski definition) is 3. The SMILES string of the molecule is Cc1ccc(OCCn2c(O)c(Cc3c[nH]c4c(Cl)cccc34)[nH]c2=O)cc1C#Cc1cnc2cccnn12. The van der Waals surface area contributed by atoms with E-state index in [-0.39, 0.29) is 19.0 Å². The van der Waals surface area contributed by atoms with Crippen molar-refractivity contribution >= 4 is 28.2 Å². The van der Waals surface area contributed by atoms with Gasteiger partial charge in [0.2, 0.25) is 5.88 Å². The first-order chi connectivity index (χ1) is 19.0. The Hall–Kier alpha value is -4.94. The molecule has 0 atom stereocenters. The lowest BCUT2D eigenvalue weighted by atomic mass is 10.1. The molecule has 0 saturated heterocycles. The highest BCUT2D eigenvalue weighted by molar-refractivity contribution is 6.35. The van der Waals surface area contributed by atoms with Gasteiger partial charge in [0.1, 0.15) is 18.1 Å². The first-order valence-corrected chi connectivity index (χ1v) is 12.6. The van der Waals surface area contributed by atoms with Crippen molar-refractivity contribution in [3.05, 3.63) is 111 Å². The summed E-state index contributed by atoms with van der Waals surface area (Å²) in [5.74, 6) is 6.79. The number of ether oxygens (including phenoxy) is 1. The second-order valence-corrected chi connectivity index (χ2v) is 9.46. The number of nitrogens with one attached hydrogen (secondary N) is 2. The van der Waals surface area contributed by atoms with Crippen molar-refractivity contribution < 1.29 is 9.84 Å². The molecule has 6 rings (SSSR count). The van der Waals surface area contributed by atoms with E-state index < -0.39 is 5.69 Å². The van der Waals surface area contributed by atoms with E-state index in [1.807, 2.05) is 61.7 Å². The molecule has 0 saturated carbocycles. The number of aromatic nitrogens is 6. The van der Waals surface area contributed by atoms with Crippen LogP contribution in [0.15, 0.2) is 71.9 Å². The molecule has 4 heterocycles. The Balaban J connectivity index is 1.15. The van der Waals surface area contributed by atoms with Gasteiger partial charge in [-0.1, -0.05) is 35.7 Å². The number of aromatic hydroxyl groups is 1. The van der Waals surface area contributed by atoms with E-state index in [2.05, 4.69) is 31.9 Å². The third-order valence-electron chi connectivity index (χ3n) is 6.54. The average molecular weight is 539 g/mol. The molecule has 194 valence electrons. The van der Waals surface area contributed by atoms with Crippen LogP contribution in [0.3, 0.4) is 0 Å². The van der Waals surface area contributed by atoms with Gasteiger partial charge < -0.3 is 19.8 Å². The molecule has 4 aromatic heterocycles. The van der Waals surface area contributed by atoms with Crippen LogP contribution >= 0.6 is 11.6 Å². The van der Waals surface area contributed by atoms with Gasteiger partial charge >= 0.3 is 5.69 Å². The standard InChI is InChI=1S/C29H23ClN6O3/c1-18-7-10-22(14-19(18)8-9-21-17-31-26-6-3-11-33-36(21)26)39-13-12-35-28(37)25(34-29(35)38)15-20-16-32-27-23(20)4-2-5-24(27)30/h2-7,10-11,14,16-17,32,37H,12-13,15H2,1H3,(H,34,38). The summed E-state index contributed by atoms with van der Waals surface area (Å²) in [5.41, 5.74) is 4.98. The number of aryl methyl sites for hydroxylation is 1. The molecule has 0 amide bonds. The summed E-state index contributed by atoms with van der Waals surface area (Å²) in [6.07, 6.45) is 5.55. The fraction of sp³-hybridized carbons (Fsp3) is 0.138. The lowest BCUT2D eigenvalue weighted by Crippen LogP contribution is -2.20. The van der Waals surface area contributed by atoms with Gasteiger partial charge in [-0.3, -0.25) is 4.57 Å². The van der Waals surface area contributed by atoms with Gasteiger partial charge in [-0.15, -0.1) is 0 Å². The number of nitrogens with zero attached hydrogens (tertiary/aromatic N) is 4. The summed E-state index contributed by atoms with van der Waals surface area (Å²) >= 11 is 6.25. The Morgan fingerprint density at radius 1 is 1.15 bits per heavy atom. The normalized spacial score (nSPS) is 11.1. The van der Waals surface area contributed by atoms with Gasteiger partial charge in [-0.2, -0.15) is 5.10 Å². The molecule has 0 aliphatic rings. The minimum absolute atomic E-state index is 0.114. The predicted octanol–water partition coefficient (Wildman–Crippen LogP) is 4.44. The third-order valence-corrected chi connectivity index (χ3v) is 6.86. The third kappa shape index (κ3) is 4.74. The molecule has 0 fully saturated rings. The highest BCUT2D eigenvalue weighted by Gasteiger charge is 2.16. The Bertz CT molecular complexity index is 1950. The molecule has 10 heteroatoms. The number of hydrogen-bond acceptors (Lipinski definition) is 5. The van der Waals surface area contributed by atoms with Crippen LogP contribution in [0.4, 0.5) is 0 Å². The number of benzene rings is 2. The summed E-state index contributed by atoms with van der Waals surface area (Å²) < 4.78 is 8.86. The van der Waals surface area contributed by atoms with Crippen LogP contribution in [-0.2, 0) is 13.0 Å².